The maximum Gasteiger partial charge on any atom is 0.321 e. The van der Waals surface area contributed by atoms with Gasteiger partial charge in [0, 0.05) is 17.1 Å². The molecule has 7 nitrogen and oxygen atoms in total. The molecule has 0 saturated carbocycles. The molecule has 0 fully saturated rings. The van der Waals surface area contributed by atoms with Crippen molar-refractivity contribution in [3.8, 4) is 11.5 Å². The number of thioether (sulfide) groups is 1. The first-order valence-corrected chi connectivity index (χ1v) is 7.95. The number of rotatable bonds is 4. The van der Waals surface area contributed by atoms with Crippen LogP contribution >= 0.6 is 27.7 Å². The lowest BCUT2D eigenvalue weighted by Crippen LogP contribution is -2.41. The number of halogens is 1. The first-order valence-electron chi connectivity index (χ1n) is 6.28. The van der Waals surface area contributed by atoms with Gasteiger partial charge in [-0.3, -0.25) is 10.1 Å². The highest BCUT2D eigenvalue weighted by atomic mass is 79.9. The Morgan fingerprint density at radius 3 is 2.59 bits per heavy atom. The number of benzene rings is 1. The molecule has 0 aliphatic carbocycles. The summed E-state index contributed by atoms with van der Waals surface area (Å²) in [6.07, 6.45) is 0. The summed E-state index contributed by atoms with van der Waals surface area (Å²) in [7, 11) is 1.43. The van der Waals surface area contributed by atoms with E-state index in [2.05, 4.69) is 36.8 Å². The summed E-state index contributed by atoms with van der Waals surface area (Å²) in [5.74, 6) is -0.0679. The van der Waals surface area contributed by atoms with E-state index in [4.69, 9.17) is 4.42 Å². The fraction of sp³-hybridized carbons (Fsp3) is 0.231. The maximum atomic E-state index is 11.7. The molecule has 3 amide bonds. The van der Waals surface area contributed by atoms with Gasteiger partial charge >= 0.3 is 6.03 Å². The van der Waals surface area contributed by atoms with Crippen molar-refractivity contribution in [2.24, 2.45) is 0 Å². The molecular weight excluding hydrogens is 372 g/mol. The fourth-order valence-corrected chi connectivity index (χ4v) is 2.40. The summed E-state index contributed by atoms with van der Waals surface area (Å²) in [5, 5.41) is 12.0. The molecule has 2 rings (SSSR count). The Kier molecular flexibility index (Phi) is 5.56. The Hall–Kier alpha value is -1.87. The molecule has 0 saturated heterocycles. The van der Waals surface area contributed by atoms with Crippen LogP contribution in [-0.2, 0) is 4.79 Å². The molecule has 1 aromatic heterocycles. The fourth-order valence-electron chi connectivity index (χ4n) is 1.45. The number of nitrogens with zero attached hydrogens (tertiary/aromatic N) is 2. The smallest absolute Gasteiger partial charge is 0.321 e. The van der Waals surface area contributed by atoms with Crippen LogP contribution in [0, 0.1) is 0 Å². The third-order valence-corrected chi connectivity index (χ3v) is 4.07. The Morgan fingerprint density at radius 2 is 1.95 bits per heavy atom. The quantitative estimate of drug-likeness (QED) is 0.785. The molecule has 1 heterocycles. The zero-order valence-corrected chi connectivity index (χ0v) is 14.2. The molecule has 0 spiro atoms. The molecule has 0 aliphatic rings. The summed E-state index contributed by atoms with van der Waals surface area (Å²) in [6, 6.07) is 6.86. The molecular formula is C13H13BrN4O3S. The predicted molar refractivity (Wildman–Crippen MR) is 85.4 cm³/mol. The van der Waals surface area contributed by atoms with Crippen LogP contribution in [0.25, 0.3) is 11.5 Å². The predicted octanol–water partition coefficient (Wildman–Crippen LogP) is 2.44. The van der Waals surface area contributed by atoms with Crippen molar-refractivity contribution in [3.63, 3.8) is 0 Å². The minimum atomic E-state index is -0.557. The maximum absolute atomic E-state index is 11.7. The van der Waals surface area contributed by atoms with E-state index in [-0.39, 0.29) is 5.22 Å². The van der Waals surface area contributed by atoms with Crippen molar-refractivity contribution in [3.05, 3.63) is 28.7 Å². The van der Waals surface area contributed by atoms with E-state index in [1.807, 2.05) is 24.3 Å². The highest BCUT2D eigenvalue weighted by molar-refractivity contribution is 9.10. The summed E-state index contributed by atoms with van der Waals surface area (Å²) in [6.45, 7) is 1.65. The van der Waals surface area contributed by atoms with E-state index < -0.39 is 17.2 Å². The van der Waals surface area contributed by atoms with Crippen LogP contribution in [0.5, 0.6) is 0 Å². The molecule has 0 bridgehead atoms. The van der Waals surface area contributed by atoms with Crippen LogP contribution in [0.2, 0.25) is 0 Å². The van der Waals surface area contributed by atoms with Gasteiger partial charge in [0.2, 0.25) is 11.8 Å². The van der Waals surface area contributed by atoms with Crippen LogP contribution in [0.1, 0.15) is 6.92 Å². The number of urea groups is 1. The third-order valence-electron chi connectivity index (χ3n) is 2.61. The first kappa shape index (κ1) is 16.5. The Balaban J connectivity index is 2.01. The number of aromatic nitrogens is 2. The number of carbonyl (C=O) groups excluding carboxylic acids is 2. The van der Waals surface area contributed by atoms with Gasteiger partial charge < -0.3 is 9.73 Å². The van der Waals surface area contributed by atoms with E-state index in [1.165, 1.54) is 7.05 Å². The van der Waals surface area contributed by atoms with Gasteiger partial charge in [0.15, 0.2) is 0 Å². The summed E-state index contributed by atoms with van der Waals surface area (Å²) in [4.78, 5) is 22.8. The molecule has 0 radical (unpaired) electrons. The van der Waals surface area contributed by atoms with E-state index in [0.29, 0.717) is 5.89 Å². The topological polar surface area (TPSA) is 97.1 Å². The van der Waals surface area contributed by atoms with Crippen molar-refractivity contribution in [2.75, 3.05) is 7.05 Å². The Bertz CT molecular complexity index is 674. The lowest BCUT2D eigenvalue weighted by atomic mass is 10.2. The van der Waals surface area contributed by atoms with Crippen LogP contribution < -0.4 is 10.6 Å². The number of amides is 3. The van der Waals surface area contributed by atoms with E-state index in [9.17, 15) is 9.59 Å². The highest BCUT2D eigenvalue weighted by Crippen LogP contribution is 2.26. The van der Waals surface area contributed by atoms with E-state index in [1.54, 1.807) is 6.92 Å². The number of nitrogens with one attached hydrogen (secondary N) is 2. The average Bonchev–Trinajstić information content (AvgIpc) is 2.96. The lowest BCUT2D eigenvalue weighted by molar-refractivity contribution is -0.119. The standard InChI is InChI=1S/C13H13BrN4O3S/c1-7(10(19)16-12(20)15-2)22-13-18-17-11(21-13)8-3-5-9(14)6-4-8/h3-7H,1-2H3,(H2,15,16,19,20). The van der Waals surface area contributed by atoms with E-state index >= 15 is 0 Å². The number of imide groups is 1. The van der Waals surface area contributed by atoms with Gasteiger partial charge in [-0.25, -0.2) is 4.79 Å². The van der Waals surface area contributed by atoms with Crippen LogP contribution in [-0.4, -0.2) is 34.4 Å². The van der Waals surface area contributed by atoms with Crippen molar-refractivity contribution in [2.45, 2.75) is 17.4 Å². The molecule has 2 N–H and O–H groups in total. The molecule has 1 atom stereocenters. The summed E-state index contributed by atoms with van der Waals surface area (Å²) >= 11 is 4.43. The van der Waals surface area contributed by atoms with Crippen molar-refractivity contribution in [1.82, 2.24) is 20.8 Å². The molecule has 2 aromatic rings. The average molecular weight is 385 g/mol. The molecule has 0 aliphatic heterocycles. The zero-order chi connectivity index (χ0) is 16.1. The SMILES string of the molecule is CNC(=O)NC(=O)C(C)Sc1nnc(-c2ccc(Br)cc2)o1. The van der Waals surface area contributed by atoms with E-state index in [0.717, 1.165) is 21.8 Å². The number of carbonyl (C=O) groups is 2. The second-order valence-corrected chi connectivity index (χ2v) is 6.42. The van der Waals surface area contributed by atoms with Crippen molar-refractivity contribution in [1.29, 1.82) is 0 Å². The molecule has 22 heavy (non-hydrogen) atoms. The van der Waals surface area contributed by atoms with Crippen molar-refractivity contribution < 1.29 is 14.0 Å². The number of hydrogen-bond donors (Lipinski definition) is 2. The normalized spacial score (nSPS) is 11.8. The largest absolute Gasteiger partial charge is 0.411 e. The van der Waals surface area contributed by atoms with Crippen molar-refractivity contribution >= 4 is 39.6 Å². The molecule has 9 heteroatoms. The Labute approximate surface area is 139 Å². The van der Waals surface area contributed by atoms with Crippen LogP contribution in [0.4, 0.5) is 4.79 Å². The van der Waals surface area contributed by atoms with Gasteiger partial charge in [-0.2, -0.15) is 0 Å². The Morgan fingerprint density at radius 1 is 1.27 bits per heavy atom. The van der Waals surface area contributed by atoms with Crippen LogP contribution in [0.15, 0.2) is 38.4 Å². The lowest BCUT2D eigenvalue weighted by Gasteiger charge is -2.07. The third kappa shape index (κ3) is 4.31. The van der Waals surface area contributed by atoms with Gasteiger partial charge in [-0.1, -0.05) is 27.7 Å². The minimum Gasteiger partial charge on any atom is -0.411 e. The monoisotopic (exact) mass is 384 g/mol. The van der Waals surface area contributed by atoms with Gasteiger partial charge in [0.1, 0.15) is 0 Å². The summed E-state index contributed by atoms with van der Waals surface area (Å²) in [5.41, 5.74) is 0.782. The molecule has 116 valence electrons. The second kappa shape index (κ2) is 7.41. The van der Waals surface area contributed by atoms with Gasteiger partial charge in [0.05, 0.1) is 5.25 Å². The molecule has 1 aromatic carbocycles. The minimum absolute atomic E-state index is 0.262. The second-order valence-electron chi connectivity index (χ2n) is 4.21. The summed E-state index contributed by atoms with van der Waals surface area (Å²) < 4.78 is 6.46. The van der Waals surface area contributed by atoms with Gasteiger partial charge in [-0.15, -0.1) is 10.2 Å². The van der Waals surface area contributed by atoms with Crippen LogP contribution in [0.3, 0.4) is 0 Å². The molecule has 1 unspecified atom stereocenters. The van der Waals surface area contributed by atoms with Gasteiger partial charge in [-0.05, 0) is 31.2 Å². The van der Waals surface area contributed by atoms with Gasteiger partial charge in [0.25, 0.3) is 5.22 Å². The first-order chi connectivity index (χ1) is 10.5. The zero-order valence-electron chi connectivity index (χ0n) is 11.8. The highest BCUT2D eigenvalue weighted by Gasteiger charge is 2.20. The number of hydrogen-bond acceptors (Lipinski definition) is 6.